The van der Waals surface area contributed by atoms with Gasteiger partial charge in [-0.3, -0.25) is 4.79 Å². The Bertz CT molecular complexity index is 646. The summed E-state index contributed by atoms with van der Waals surface area (Å²) < 4.78 is 31.4. The Morgan fingerprint density at radius 3 is 2.62 bits per heavy atom. The molecule has 0 aromatic heterocycles. The lowest BCUT2D eigenvalue weighted by atomic mass is 9.96. The predicted octanol–water partition coefficient (Wildman–Crippen LogP) is 1.15. The Hall–Kier alpha value is -1.19. The van der Waals surface area contributed by atoms with Gasteiger partial charge in [-0.05, 0) is 62.5 Å². The number of sulfonamides is 1. The SMILES string of the molecule is COCCNS(=O)(=O)c1ccc(C(=O)NCCC2CCCNC2)cc1.Cl. The van der Waals surface area contributed by atoms with Crippen molar-refractivity contribution >= 4 is 28.3 Å². The van der Waals surface area contributed by atoms with Gasteiger partial charge in [-0.1, -0.05) is 0 Å². The number of carbonyl (C=O) groups excluding carboxylic acids is 1. The molecule has 1 unspecified atom stereocenters. The van der Waals surface area contributed by atoms with Gasteiger partial charge in [-0.2, -0.15) is 0 Å². The zero-order valence-electron chi connectivity index (χ0n) is 15.0. The highest BCUT2D eigenvalue weighted by atomic mass is 35.5. The van der Waals surface area contributed by atoms with Crippen molar-refractivity contribution in [2.45, 2.75) is 24.2 Å². The summed E-state index contributed by atoms with van der Waals surface area (Å²) in [6.07, 6.45) is 3.34. The molecule has 26 heavy (non-hydrogen) atoms. The summed E-state index contributed by atoms with van der Waals surface area (Å²) >= 11 is 0. The molecule has 1 aliphatic rings. The second-order valence-corrected chi connectivity index (χ2v) is 7.94. The molecule has 1 aromatic rings. The van der Waals surface area contributed by atoms with Gasteiger partial charge in [0, 0.05) is 25.8 Å². The topological polar surface area (TPSA) is 96.5 Å². The molecule has 1 amide bonds. The standard InChI is InChI=1S/C17H27N3O4S.ClH/c1-24-12-11-20-25(22,23)16-6-4-15(5-7-16)17(21)19-10-8-14-3-2-9-18-13-14;/h4-7,14,18,20H,2-3,8-13H2,1H3,(H,19,21);1H. The number of carbonyl (C=O) groups is 1. The minimum absolute atomic E-state index is 0. The van der Waals surface area contributed by atoms with E-state index in [1.165, 1.54) is 44.2 Å². The predicted molar refractivity (Wildman–Crippen MR) is 103 cm³/mol. The van der Waals surface area contributed by atoms with Crippen molar-refractivity contribution < 1.29 is 17.9 Å². The van der Waals surface area contributed by atoms with E-state index in [1.807, 2.05) is 0 Å². The molecule has 1 aromatic carbocycles. The molecule has 0 saturated carbocycles. The number of benzene rings is 1. The largest absolute Gasteiger partial charge is 0.383 e. The maximum absolute atomic E-state index is 12.1. The van der Waals surface area contributed by atoms with Crippen LogP contribution >= 0.6 is 12.4 Å². The first kappa shape index (κ1) is 22.9. The number of rotatable bonds is 9. The summed E-state index contributed by atoms with van der Waals surface area (Å²) in [5.74, 6) is 0.430. The van der Waals surface area contributed by atoms with Crippen molar-refractivity contribution in [3.8, 4) is 0 Å². The zero-order chi connectivity index (χ0) is 18.1. The molecule has 1 fully saturated rings. The van der Waals surface area contributed by atoms with E-state index < -0.39 is 10.0 Å². The summed E-state index contributed by atoms with van der Waals surface area (Å²) in [7, 11) is -2.07. The van der Waals surface area contributed by atoms with Crippen LogP contribution in [-0.4, -0.2) is 54.2 Å². The quantitative estimate of drug-likeness (QED) is 0.535. The Labute approximate surface area is 161 Å². The summed E-state index contributed by atoms with van der Waals surface area (Å²) in [5.41, 5.74) is 0.456. The van der Waals surface area contributed by atoms with Crippen molar-refractivity contribution in [2.75, 3.05) is 39.9 Å². The first-order chi connectivity index (χ1) is 12.0. The Kier molecular flexibility index (Phi) is 10.1. The van der Waals surface area contributed by atoms with E-state index in [1.54, 1.807) is 0 Å². The number of nitrogens with one attached hydrogen (secondary N) is 3. The molecule has 1 atom stereocenters. The number of methoxy groups -OCH3 is 1. The molecule has 1 saturated heterocycles. The fourth-order valence-corrected chi connectivity index (χ4v) is 3.82. The van der Waals surface area contributed by atoms with Crippen molar-refractivity contribution in [1.29, 1.82) is 0 Å². The summed E-state index contributed by atoms with van der Waals surface area (Å²) in [6.45, 7) is 3.23. The van der Waals surface area contributed by atoms with Crippen molar-refractivity contribution in [1.82, 2.24) is 15.4 Å². The van der Waals surface area contributed by atoms with Crippen LogP contribution in [0, 0.1) is 5.92 Å². The monoisotopic (exact) mass is 405 g/mol. The Balaban J connectivity index is 0.00000338. The van der Waals surface area contributed by atoms with Crippen LogP contribution in [0.5, 0.6) is 0 Å². The molecule has 7 nitrogen and oxygen atoms in total. The van der Waals surface area contributed by atoms with Crippen LogP contribution in [0.4, 0.5) is 0 Å². The molecule has 3 N–H and O–H groups in total. The molecule has 0 aliphatic carbocycles. The molecular formula is C17H28ClN3O4S. The van der Waals surface area contributed by atoms with Crippen LogP contribution < -0.4 is 15.4 Å². The van der Waals surface area contributed by atoms with Crippen molar-refractivity contribution in [2.24, 2.45) is 5.92 Å². The molecule has 0 bridgehead atoms. The van der Waals surface area contributed by atoms with E-state index in [4.69, 9.17) is 4.74 Å². The molecule has 1 aliphatic heterocycles. The Morgan fingerprint density at radius 2 is 2.00 bits per heavy atom. The average molecular weight is 406 g/mol. The zero-order valence-corrected chi connectivity index (χ0v) is 16.6. The van der Waals surface area contributed by atoms with E-state index in [2.05, 4.69) is 15.4 Å². The number of amides is 1. The van der Waals surface area contributed by atoms with Crippen LogP contribution in [0.3, 0.4) is 0 Å². The lowest BCUT2D eigenvalue weighted by Gasteiger charge is -2.22. The second kappa shape index (κ2) is 11.5. The van der Waals surface area contributed by atoms with E-state index in [9.17, 15) is 13.2 Å². The fourth-order valence-electron chi connectivity index (χ4n) is 2.81. The molecule has 1 heterocycles. The summed E-state index contributed by atoms with van der Waals surface area (Å²) in [5, 5.41) is 6.26. The van der Waals surface area contributed by atoms with Gasteiger partial charge in [-0.25, -0.2) is 13.1 Å². The van der Waals surface area contributed by atoms with Gasteiger partial charge < -0.3 is 15.4 Å². The lowest BCUT2D eigenvalue weighted by Crippen LogP contribution is -2.33. The number of hydrogen-bond acceptors (Lipinski definition) is 5. The average Bonchev–Trinajstić information content (AvgIpc) is 2.63. The van der Waals surface area contributed by atoms with Crippen molar-refractivity contribution in [3.63, 3.8) is 0 Å². The fraction of sp³-hybridized carbons (Fsp3) is 0.588. The molecule has 2 rings (SSSR count). The lowest BCUT2D eigenvalue weighted by molar-refractivity contribution is 0.0950. The highest BCUT2D eigenvalue weighted by molar-refractivity contribution is 7.89. The van der Waals surface area contributed by atoms with Gasteiger partial charge >= 0.3 is 0 Å². The third-order valence-corrected chi connectivity index (χ3v) is 5.74. The summed E-state index contributed by atoms with van der Waals surface area (Å²) in [4.78, 5) is 12.3. The molecule has 0 spiro atoms. The van der Waals surface area contributed by atoms with Crippen LogP contribution in [-0.2, 0) is 14.8 Å². The maximum Gasteiger partial charge on any atom is 0.251 e. The van der Waals surface area contributed by atoms with Crippen LogP contribution in [0.15, 0.2) is 29.2 Å². The number of hydrogen-bond donors (Lipinski definition) is 3. The maximum atomic E-state index is 12.1. The van der Waals surface area contributed by atoms with Crippen LogP contribution in [0.1, 0.15) is 29.6 Å². The molecule has 0 radical (unpaired) electrons. The van der Waals surface area contributed by atoms with Gasteiger partial charge in [0.2, 0.25) is 10.0 Å². The van der Waals surface area contributed by atoms with Crippen LogP contribution in [0.25, 0.3) is 0 Å². The highest BCUT2D eigenvalue weighted by Gasteiger charge is 2.15. The number of ether oxygens (including phenoxy) is 1. The molecule has 148 valence electrons. The molecule has 9 heteroatoms. The van der Waals surface area contributed by atoms with E-state index >= 15 is 0 Å². The van der Waals surface area contributed by atoms with E-state index in [0.717, 1.165) is 19.5 Å². The van der Waals surface area contributed by atoms with E-state index in [-0.39, 0.29) is 29.8 Å². The highest BCUT2D eigenvalue weighted by Crippen LogP contribution is 2.13. The normalized spacial score (nSPS) is 17.3. The minimum atomic E-state index is -3.58. The Morgan fingerprint density at radius 1 is 1.27 bits per heavy atom. The first-order valence-corrected chi connectivity index (χ1v) is 10.1. The molecular weight excluding hydrogens is 378 g/mol. The third kappa shape index (κ3) is 7.20. The first-order valence-electron chi connectivity index (χ1n) is 8.60. The van der Waals surface area contributed by atoms with Gasteiger partial charge in [0.15, 0.2) is 0 Å². The van der Waals surface area contributed by atoms with Gasteiger partial charge in [0.1, 0.15) is 0 Å². The third-order valence-electron chi connectivity index (χ3n) is 4.26. The second-order valence-electron chi connectivity index (χ2n) is 6.17. The van der Waals surface area contributed by atoms with Gasteiger partial charge in [0.05, 0.1) is 11.5 Å². The van der Waals surface area contributed by atoms with Gasteiger partial charge in [0.25, 0.3) is 5.91 Å². The van der Waals surface area contributed by atoms with E-state index in [0.29, 0.717) is 24.6 Å². The summed E-state index contributed by atoms with van der Waals surface area (Å²) in [6, 6.07) is 5.94. The van der Waals surface area contributed by atoms with Crippen molar-refractivity contribution in [3.05, 3.63) is 29.8 Å². The number of piperidine rings is 1. The van der Waals surface area contributed by atoms with Gasteiger partial charge in [-0.15, -0.1) is 12.4 Å². The number of halogens is 1. The minimum Gasteiger partial charge on any atom is -0.383 e. The smallest absolute Gasteiger partial charge is 0.251 e. The van der Waals surface area contributed by atoms with Crippen LogP contribution in [0.2, 0.25) is 0 Å².